The average molecular weight is 338 g/mol. The number of hydrogen-bond donors (Lipinski definition) is 1. The van der Waals surface area contributed by atoms with E-state index in [-0.39, 0.29) is 11.8 Å². The van der Waals surface area contributed by atoms with Crippen LogP contribution in [0.4, 0.5) is 13.2 Å². The van der Waals surface area contributed by atoms with Crippen LogP contribution in [-0.2, 0) is 14.3 Å². The molecule has 134 valence electrons. The topological polar surface area (TPSA) is 58.6 Å². The van der Waals surface area contributed by atoms with Crippen molar-refractivity contribution in [3.8, 4) is 0 Å². The van der Waals surface area contributed by atoms with E-state index in [9.17, 15) is 22.8 Å². The molecule has 1 N–H and O–H groups in total. The van der Waals surface area contributed by atoms with Crippen molar-refractivity contribution < 1.29 is 27.5 Å². The number of carbonyl (C=O) groups is 2. The summed E-state index contributed by atoms with van der Waals surface area (Å²) >= 11 is 0. The van der Waals surface area contributed by atoms with Gasteiger partial charge in [0.15, 0.2) is 6.61 Å². The van der Waals surface area contributed by atoms with E-state index in [2.05, 4.69) is 5.32 Å². The van der Waals surface area contributed by atoms with Gasteiger partial charge in [-0.15, -0.1) is 0 Å². The Balaban J connectivity index is 2.46. The van der Waals surface area contributed by atoms with Crippen LogP contribution in [0.15, 0.2) is 0 Å². The summed E-state index contributed by atoms with van der Waals surface area (Å²) in [5, 5.41) is 2.14. The van der Waals surface area contributed by atoms with Gasteiger partial charge in [-0.1, -0.05) is 20.8 Å². The highest BCUT2D eigenvalue weighted by Crippen LogP contribution is 2.16. The second-order valence-electron chi connectivity index (χ2n) is 6.41. The zero-order valence-corrected chi connectivity index (χ0v) is 13.8. The fourth-order valence-electron chi connectivity index (χ4n) is 2.55. The second kappa shape index (κ2) is 8.52. The van der Waals surface area contributed by atoms with Crippen molar-refractivity contribution in [2.45, 2.75) is 45.8 Å². The molecule has 0 aromatic carbocycles. The molecule has 1 fully saturated rings. The van der Waals surface area contributed by atoms with E-state index in [4.69, 9.17) is 4.74 Å². The van der Waals surface area contributed by atoms with Crippen molar-refractivity contribution in [3.63, 3.8) is 0 Å². The molecule has 23 heavy (non-hydrogen) atoms. The van der Waals surface area contributed by atoms with E-state index in [1.165, 1.54) is 0 Å². The van der Waals surface area contributed by atoms with Gasteiger partial charge >= 0.3 is 12.1 Å². The van der Waals surface area contributed by atoms with Crippen molar-refractivity contribution in [1.29, 1.82) is 0 Å². The number of halogens is 3. The van der Waals surface area contributed by atoms with E-state index in [0.29, 0.717) is 19.0 Å². The molecule has 0 saturated carbocycles. The quantitative estimate of drug-likeness (QED) is 0.752. The first-order valence-electron chi connectivity index (χ1n) is 7.84. The zero-order chi connectivity index (χ0) is 17.6. The summed E-state index contributed by atoms with van der Waals surface area (Å²) < 4.78 is 41.7. The van der Waals surface area contributed by atoms with Crippen LogP contribution >= 0.6 is 0 Å². The molecule has 1 rings (SSSR count). The molecule has 8 heteroatoms. The summed E-state index contributed by atoms with van der Waals surface area (Å²) in [6.45, 7) is 4.82. The summed E-state index contributed by atoms with van der Waals surface area (Å²) in [5.74, 6) is -1.11. The Kier molecular flexibility index (Phi) is 7.31. The number of esters is 1. The molecule has 1 aliphatic rings. The lowest BCUT2D eigenvalue weighted by atomic mass is 10.0. The maximum atomic E-state index is 12.3. The monoisotopic (exact) mass is 338 g/mol. The van der Waals surface area contributed by atoms with Crippen molar-refractivity contribution >= 4 is 11.9 Å². The van der Waals surface area contributed by atoms with Crippen LogP contribution in [0.1, 0.15) is 33.6 Å². The predicted molar refractivity (Wildman–Crippen MR) is 78.6 cm³/mol. The number of carbonyl (C=O) groups excluding carboxylic acids is 2. The van der Waals surface area contributed by atoms with Crippen molar-refractivity contribution in [2.24, 2.45) is 11.8 Å². The number of hydrogen-bond acceptors (Lipinski definition) is 4. The van der Waals surface area contributed by atoms with Crippen LogP contribution in [0.2, 0.25) is 0 Å². The zero-order valence-electron chi connectivity index (χ0n) is 13.8. The third-order valence-corrected chi connectivity index (χ3v) is 3.79. The molecule has 1 heterocycles. The third-order valence-electron chi connectivity index (χ3n) is 3.79. The van der Waals surface area contributed by atoms with Crippen LogP contribution < -0.4 is 5.32 Å². The molecule has 0 aromatic heterocycles. The van der Waals surface area contributed by atoms with Gasteiger partial charge in [0.05, 0.1) is 6.54 Å². The first-order valence-corrected chi connectivity index (χ1v) is 7.84. The van der Waals surface area contributed by atoms with Gasteiger partial charge < -0.3 is 9.64 Å². The van der Waals surface area contributed by atoms with Gasteiger partial charge in [-0.2, -0.15) is 13.2 Å². The fourth-order valence-corrected chi connectivity index (χ4v) is 2.55. The highest BCUT2D eigenvalue weighted by atomic mass is 19.4. The number of rotatable bonds is 6. The summed E-state index contributed by atoms with van der Waals surface area (Å²) in [7, 11) is 0. The van der Waals surface area contributed by atoms with E-state index in [1.54, 1.807) is 18.7 Å². The van der Waals surface area contributed by atoms with Gasteiger partial charge in [0.25, 0.3) is 5.91 Å². The maximum Gasteiger partial charge on any atom is 0.401 e. The summed E-state index contributed by atoms with van der Waals surface area (Å²) in [5.41, 5.74) is 0. The Morgan fingerprint density at radius 1 is 1.35 bits per heavy atom. The molecule has 0 bridgehead atoms. The molecule has 0 aliphatic carbocycles. The first kappa shape index (κ1) is 19.7. The number of ether oxygens (including phenoxy) is 1. The standard InChI is InChI=1S/C15H25F3N2O3/c1-10(2)13(19-9-15(16,17)18)14(22)23-8-12(21)20-6-4-5-11(3)7-20/h10-11,13,19H,4-9H2,1-3H3/t11-,13+/m1/s1. The van der Waals surface area contributed by atoms with Crippen LogP contribution in [-0.4, -0.2) is 55.2 Å². The molecule has 2 atom stereocenters. The van der Waals surface area contributed by atoms with E-state index in [0.717, 1.165) is 12.8 Å². The largest absolute Gasteiger partial charge is 0.454 e. The van der Waals surface area contributed by atoms with Gasteiger partial charge in [0.2, 0.25) is 0 Å². The summed E-state index contributed by atoms with van der Waals surface area (Å²) in [6.07, 6.45) is -2.45. The normalized spacial score (nSPS) is 20.5. The first-order chi connectivity index (χ1) is 10.6. The molecule has 1 amide bonds. The van der Waals surface area contributed by atoms with Gasteiger partial charge in [-0.25, -0.2) is 0 Å². The fraction of sp³-hybridized carbons (Fsp3) is 0.867. The number of nitrogens with zero attached hydrogens (tertiary/aromatic N) is 1. The number of likely N-dealkylation sites (tertiary alicyclic amines) is 1. The molecular formula is C15H25F3N2O3. The van der Waals surface area contributed by atoms with Crippen LogP contribution in [0.3, 0.4) is 0 Å². The van der Waals surface area contributed by atoms with Crippen LogP contribution in [0.5, 0.6) is 0 Å². The predicted octanol–water partition coefficient (Wildman–Crippen LogP) is 1.96. The SMILES string of the molecule is CC(C)[C@H](NCC(F)(F)F)C(=O)OCC(=O)N1CCC[C@@H](C)C1. The third kappa shape index (κ3) is 7.20. The Bertz CT molecular complexity index is 413. The Morgan fingerprint density at radius 3 is 2.52 bits per heavy atom. The second-order valence-corrected chi connectivity index (χ2v) is 6.41. The van der Waals surface area contributed by atoms with Gasteiger partial charge in [-0.05, 0) is 24.7 Å². The van der Waals surface area contributed by atoms with Gasteiger partial charge in [0, 0.05) is 13.1 Å². The molecule has 1 aliphatic heterocycles. The molecule has 5 nitrogen and oxygen atoms in total. The van der Waals surface area contributed by atoms with Crippen molar-refractivity contribution in [2.75, 3.05) is 26.2 Å². The van der Waals surface area contributed by atoms with Crippen molar-refractivity contribution in [3.05, 3.63) is 0 Å². The number of nitrogens with one attached hydrogen (secondary N) is 1. The lowest BCUT2D eigenvalue weighted by Crippen LogP contribution is -2.47. The average Bonchev–Trinajstić information content (AvgIpc) is 2.43. The Labute approximate surface area is 134 Å². The minimum atomic E-state index is -4.41. The maximum absolute atomic E-state index is 12.3. The highest BCUT2D eigenvalue weighted by molar-refractivity contribution is 5.82. The number of piperidine rings is 1. The summed E-state index contributed by atoms with van der Waals surface area (Å²) in [4.78, 5) is 25.6. The van der Waals surface area contributed by atoms with Gasteiger partial charge in [-0.3, -0.25) is 14.9 Å². The molecule has 0 unspecified atom stereocenters. The van der Waals surface area contributed by atoms with Gasteiger partial charge in [0.1, 0.15) is 6.04 Å². The van der Waals surface area contributed by atoms with E-state index in [1.807, 2.05) is 6.92 Å². The molecule has 0 radical (unpaired) electrons. The summed E-state index contributed by atoms with van der Waals surface area (Å²) in [6, 6.07) is -1.09. The Hall–Kier alpha value is -1.31. The van der Waals surface area contributed by atoms with E-state index < -0.39 is 31.3 Å². The van der Waals surface area contributed by atoms with Crippen molar-refractivity contribution in [1.82, 2.24) is 10.2 Å². The minimum Gasteiger partial charge on any atom is -0.454 e. The smallest absolute Gasteiger partial charge is 0.401 e. The van der Waals surface area contributed by atoms with Crippen LogP contribution in [0.25, 0.3) is 0 Å². The van der Waals surface area contributed by atoms with E-state index >= 15 is 0 Å². The molecule has 1 saturated heterocycles. The Morgan fingerprint density at radius 2 is 2.00 bits per heavy atom. The van der Waals surface area contributed by atoms with Crippen LogP contribution in [0, 0.1) is 11.8 Å². The minimum absolute atomic E-state index is 0.303. The molecule has 0 spiro atoms. The number of amides is 1. The number of alkyl halides is 3. The lowest BCUT2D eigenvalue weighted by molar-refractivity contribution is -0.157. The molecular weight excluding hydrogens is 313 g/mol. The molecule has 0 aromatic rings. The highest BCUT2D eigenvalue weighted by Gasteiger charge is 2.32. The lowest BCUT2D eigenvalue weighted by Gasteiger charge is -2.31.